The first-order valence-corrected chi connectivity index (χ1v) is 13.6. The van der Waals surface area contributed by atoms with Crippen LogP contribution >= 0.6 is 0 Å². The molecule has 35 heavy (non-hydrogen) atoms. The van der Waals surface area contributed by atoms with Crippen molar-refractivity contribution in [3.63, 3.8) is 0 Å². The van der Waals surface area contributed by atoms with Gasteiger partial charge >= 0.3 is 0 Å². The molecule has 1 aliphatic heterocycles. The fourth-order valence-electron chi connectivity index (χ4n) is 6.43. The molecular weight excluding hydrogens is 456 g/mol. The quantitative estimate of drug-likeness (QED) is 0.527. The van der Waals surface area contributed by atoms with Gasteiger partial charge in [-0.25, -0.2) is 4.72 Å². The average molecular weight is 490 g/mol. The number of nitrogens with zero attached hydrogens (tertiary/aromatic N) is 1. The van der Waals surface area contributed by atoms with Crippen molar-refractivity contribution in [1.29, 1.82) is 0 Å². The van der Waals surface area contributed by atoms with E-state index in [1.165, 1.54) is 28.7 Å². The van der Waals surface area contributed by atoms with Crippen LogP contribution in [0.2, 0.25) is 0 Å². The van der Waals surface area contributed by atoms with E-state index in [2.05, 4.69) is 70.3 Å². The minimum Gasteiger partial charge on any atom is -0.760 e. The van der Waals surface area contributed by atoms with E-state index in [0.717, 1.165) is 38.0 Å². The van der Waals surface area contributed by atoms with Crippen molar-refractivity contribution >= 4 is 11.3 Å². The van der Waals surface area contributed by atoms with E-state index in [9.17, 15) is 13.9 Å². The lowest BCUT2D eigenvalue weighted by Crippen LogP contribution is -2.47. The molecule has 2 aliphatic carbocycles. The molecule has 184 valence electrons. The lowest BCUT2D eigenvalue weighted by molar-refractivity contribution is -0.0289. The van der Waals surface area contributed by atoms with E-state index in [0.29, 0.717) is 12.5 Å². The summed E-state index contributed by atoms with van der Waals surface area (Å²) in [6.07, 6.45) is 2.81. The lowest BCUT2D eigenvalue weighted by Gasteiger charge is -2.42. The van der Waals surface area contributed by atoms with E-state index in [4.69, 9.17) is 0 Å². The van der Waals surface area contributed by atoms with Gasteiger partial charge in [0.2, 0.25) is 0 Å². The van der Waals surface area contributed by atoms with E-state index < -0.39 is 16.9 Å². The molecule has 1 atom stereocenters. The maximum Gasteiger partial charge on any atom is 0.0920 e. The van der Waals surface area contributed by atoms with Gasteiger partial charge in [-0.15, -0.1) is 0 Å². The molecule has 0 amide bonds. The van der Waals surface area contributed by atoms with Crippen molar-refractivity contribution in [2.75, 3.05) is 26.2 Å². The first-order chi connectivity index (χ1) is 17.0. The number of fused-ring (bicyclic) bond motifs is 8. The van der Waals surface area contributed by atoms with Crippen LogP contribution in [0.25, 0.3) is 0 Å². The van der Waals surface area contributed by atoms with E-state index in [1.54, 1.807) is 6.92 Å². The second-order valence-corrected chi connectivity index (χ2v) is 10.7. The molecule has 1 saturated heterocycles. The van der Waals surface area contributed by atoms with Crippen molar-refractivity contribution in [1.82, 2.24) is 9.62 Å². The van der Waals surface area contributed by atoms with Crippen LogP contribution in [0.15, 0.2) is 78.9 Å². The molecule has 6 rings (SSSR count). The van der Waals surface area contributed by atoms with Gasteiger partial charge in [0.1, 0.15) is 0 Å². The van der Waals surface area contributed by atoms with Crippen LogP contribution in [-0.4, -0.2) is 44.9 Å². The Balaban J connectivity index is 0.000000380. The summed E-state index contributed by atoms with van der Waals surface area (Å²) in [5.41, 5.74) is 6.63. The first-order valence-electron chi connectivity index (χ1n) is 12.5. The predicted molar refractivity (Wildman–Crippen MR) is 139 cm³/mol. The Labute approximate surface area is 210 Å². The molecule has 3 aromatic rings. The van der Waals surface area contributed by atoms with Gasteiger partial charge in [0, 0.05) is 48.8 Å². The van der Waals surface area contributed by atoms with Crippen molar-refractivity contribution in [2.45, 2.75) is 43.1 Å². The molecule has 0 radical (unpaired) electrons. The highest BCUT2D eigenvalue weighted by Gasteiger charge is 2.53. The SMILES string of the molecule is CCNS(=O)[O-].OC1(c2ccccc2)CCN(CC23CC(c4ccccc42)c2ccccc23)CC1. The fourth-order valence-corrected chi connectivity index (χ4v) is 6.66. The van der Waals surface area contributed by atoms with Gasteiger partial charge in [-0.2, -0.15) is 0 Å². The average Bonchev–Trinajstić information content (AvgIpc) is 3.39. The van der Waals surface area contributed by atoms with Crippen LogP contribution in [0.5, 0.6) is 0 Å². The highest BCUT2D eigenvalue weighted by molar-refractivity contribution is 7.77. The Morgan fingerprint density at radius 1 is 0.943 bits per heavy atom. The first kappa shape index (κ1) is 24.3. The van der Waals surface area contributed by atoms with Crippen molar-refractivity contribution in [3.8, 4) is 0 Å². The summed E-state index contributed by atoms with van der Waals surface area (Å²) in [5.74, 6) is 0.549. The highest BCUT2D eigenvalue weighted by Crippen LogP contribution is 2.60. The third kappa shape index (κ3) is 4.50. The standard InChI is InChI=1S/C27H27NO.C2H7NO2S/c29-27(20-8-2-1-3-9-20)14-16-28(17-15-27)19-26-18-23(21-10-4-6-12-24(21)26)22-11-5-7-13-25(22)26;1-2-3-6(4)5/h1-13,23,29H,14-19H2;3H,2H2,1H3,(H,4,5)/p-1. The second-order valence-electron chi connectivity index (χ2n) is 9.92. The maximum atomic E-state index is 11.2. The normalized spacial score (nSPS) is 24.7. The van der Waals surface area contributed by atoms with E-state index in [-0.39, 0.29) is 5.41 Å². The zero-order valence-corrected chi connectivity index (χ0v) is 21.0. The number of nitrogens with one attached hydrogen (secondary N) is 1. The van der Waals surface area contributed by atoms with Crippen LogP contribution in [0.4, 0.5) is 0 Å². The summed E-state index contributed by atoms with van der Waals surface area (Å²) < 4.78 is 21.1. The van der Waals surface area contributed by atoms with Crippen molar-refractivity contribution in [2.24, 2.45) is 0 Å². The molecule has 2 bridgehead atoms. The molecule has 1 heterocycles. The molecule has 5 nitrogen and oxygen atoms in total. The second kappa shape index (κ2) is 9.96. The summed E-state index contributed by atoms with van der Waals surface area (Å²) in [6.45, 7) is 5.14. The number of hydrogen-bond acceptors (Lipinski definition) is 4. The van der Waals surface area contributed by atoms with E-state index >= 15 is 0 Å². The predicted octanol–water partition coefficient (Wildman–Crippen LogP) is 4.20. The van der Waals surface area contributed by atoms with Gasteiger partial charge in [-0.05, 0) is 47.1 Å². The fraction of sp³-hybridized carbons (Fsp3) is 0.379. The molecule has 1 fully saturated rings. The molecule has 2 N–H and O–H groups in total. The third-order valence-corrected chi connectivity index (χ3v) is 8.53. The molecule has 0 spiro atoms. The highest BCUT2D eigenvalue weighted by atomic mass is 32.2. The number of hydrogen-bond donors (Lipinski definition) is 2. The Morgan fingerprint density at radius 3 is 2.00 bits per heavy atom. The molecule has 1 unspecified atom stereocenters. The van der Waals surface area contributed by atoms with Crippen molar-refractivity contribution in [3.05, 3.63) is 107 Å². The summed E-state index contributed by atoms with van der Waals surface area (Å²) >= 11 is -2.07. The Morgan fingerprint density at radius 2 is 1.49 bits per heavy atom. The topological polar surface area (TPSA) is 75.6 Å². The molecule has 3 aromatic carbocycles. The number of rotatable bonds is 5. The summed E-state index contributed by atoms with van der Waals surface area (Å²) in [4.78, 5) is 2.60. The maximum absolute atomic E-state index is 11.2. The van der Waals surface area contributed by atoms with Crippen LogP contribution in [0.1, 0.15) is 59.9 Å². The van der Waals surface area contributed by atoms with Crippen LogP contribution in [-0.2, 0) is 22.3 Å². The number of benzene rings is 3. The van der Waals surface area contributed by atoms with Gasteiger partial charge in [0.15, 0.2) is 0 Å². The van der Waals surface area contributed by atoms with Crippen LogP contribution in [0, 0.1) is 0 Å². The van der Waals surface area contributed by atoms with Crippen LogP contribution in [0.3, 0.4) is 0 Å². The zero-order chi connectivity index (χ0) is 24.5. The summed E-state index contributed by atoms with van der Waals surface area (Å²) in [6, 6.07) is 28.4. The Kier molecular flexibility index (Phi) is 6.93. The number of likely N-dealkylation sites (tertiary alicyclic amines) is 1. The third-order valence-electron chi connectivity index (χ3n) is 8.01. The van der Waals surface area contributed by atoms with Gasteiger partial charge < -0.3 is 14.6 Å². The van der Waals surface area contributed by atoms with Gasteiger partial charge in [0.05, 0.1) is 5.60 Å². The Bertz CT molecular complexity index is 1140. The number of piperidine rings is 1. The van der Waals surface area contributed by atoms with Gasteiger partial charge in [0.25, 0.3) is 0 Å². The molecule has 0 aromatic heterocycles. The minimum atomic E-state index is -2.07. The lowest BCUT2D eigenvalue weighted by atomic mass is 9.74. The molecule has 6 heteroatoms. The molecule has 3 aliphatic rings. The minimum absolute atomic E-state index is 0.111. The van der Waals surface area contributed by atoms with Crippen molar-refractivity contribution < 1.29 is 13.9 Å². The zero-order valence-electron chi connectivity index (χ0n) is 20.2. The van der Waals surface area contributed by atoms with E-state index in [1.807, 2.05) is 18.2 Å². The van der Waals surface area contributed by atoms with Crippen LogP contribution < -0.4 is 4.72 Å². The monoisotopic (exact) mass is 489 g/mol. The molecule has 0 saturated carbocycles. The number of aliphatic hydroxyl groups is 1. The molecular formula is C29H33N2O3S-. The Hall–Kier alpha value is -2.35. The summed E-state index contributed by atoms with van der Waals surface area (Å²) in [7, 11) is 0. The largest absolute Gasteiger partial charge is 0.760 e. The smallest absolute Gasteiger partial charge is 0.0920 e. The summed E-state index contributed by atoms with van der Waals surface area (Å²) in [5, 5.41) is 11.2. The van der Waals surface area contributed by atoms with Gasteiger partial charge in [-0.3, -0.25) is 4.21 Å². The van der Waals surface area contributed by atoms with Gasteiger partial charge in [-0.1, -0.05) is 85.8 Å².